The molecule has 2 heterocycles. The van der Waals surface area contributed by atoms with Crippen molar-refractivity contribution in [2.45, 2.75) is 42.7 Å². The van der Waals surface area contributed by atoms with E-state index in [0.29, 0.717) is 23.4 Å². The third-order valence-electron chi connectivity index (χ3n) is 8.30. The van der Waals surface area contributed by atoms with Crippen LogP contribution in [0.5, 0.6) is 5.75 Å². The molecule has 1 saturated heterocycles. The minimum Gasteiger partial charge on any atom is -0.503 e. The molecule has 4 atom stereocenters. The van der Waals surface area contributed by atoms with E-state index < -0.39 is 10.0 Å². The first kappa shape index (κ1) is 25.1. The van der Waals surface area contributed by atoms with E-state index in [9.17, 15) is 8.42 Å². The molecule has 8 nitrogen and oxygen atoms in total. The molecule has 0 radical (unpaired) electrons. The van der Waals surface area contributed by atoms with Gasteiger partial charge >= 0.3 is 0 Å². The van der Waals surface area contributed by atoms with Crippen molar-refractivity contribution in [3.63, 3.8) is 0 Å². The predicted molar refractivity (Wildman–Crippen MR) is 145 cm³/mol. The lowest BCUT2D eigenvalue weighted by atomic mass is 9.75. The molecule has 1 saturated carbocycles. The zero-order chi connectivity index (χ0) is 26.3. The molecular formula is C29H33N5O3S. The summed E-state index contributed by atoms with van der Waals surface area (Å²) < 4.78 is 35.1. The van der Waals surface area contributed by atoms with Crippen LogP contribution in [0.3, 0.4) is 0 Å². The van der Waals surface area contributed by atoms with E-state index in [1.807, 2.05) is 6.07 Å². The number of nitrogens with zero attached hydrogens (tertiary/aromatic N) is 4. The van der Waals surface area contributed by atoms with Gasteiger partial charge in [0, 0.05) is 44.8 Å². The highest BCUT2D eigenvalue weighted by Gasteiger charge is 2.48. The fraction of sp³-hybridized carbons (Fsp3) is 0.448. The number of imidazole rings is 1. The van der Waals surface area contributed by atoms with Gasteiger partial charge in [0.25, 0.3) is 10.0 Å². The Balaban J connectivity index is 1.22. The van der Waals surface area contributed by atoms with Crippen LogP contribution in [0.2, 0.25) is 0 Å². The van der Waals surface area contributed by atoms with Crippen LogP contribution < -0.4 is 9.46 Å². The summed E-state index contributed by atoms with van der Waals surface area (Å²) in [6.45, 7) is 10.4. The molecule has 3 aromatic rings. The van der Waals surface area contributed by atoms with E-state index in [1.165, 1.54) is 48.7 Å². The number of piperidine rings is 1. The van der Waals surface area contributed by atoms with Crippen molar-refractivity contribution < 1.29 is 13.2 Å². The highest BCUT2D eigenvalue weighted by atomic mass is 32.2. The van der Waals surface area contributed by atoms with Crippen LogP contribution in [0.4, 0.5) is 5.69 Å². The van der Waals surface area contributed by atoms with Gasteiger partial charge in [-0.15, -0.1) is 0 Å². The second-order valence-electron chi connectivity index (χ2n) is 10.9. The number of likely N-dealkylation sites (tertiary alicyclic amines) is 1. The standard InChI is InChI=1S/C29H33N5O3S/c1-30-26-14-21-8-9-27(34-16-22-13-23(22)17-34)25(12-20-6-4-3-5-7-20)24(21)15-28(26)37-11-10-32-38(35,36)29-18-33(2)19-31-29/h3-7,14-15,18-19,22-23,25,27,32H,8-13,16-17H2,2H3. The average molecular weight is 532 g/mol. The minimum absolute atomic E-state index is 0.0232. The van der Waals surface area contributed by atoms with Gasteiger partial charge in [-0.3, -0.25) is 4.90 Å². The topological polar surface area (TPSA) is 80.8 Å². The van der Waals surface area contributed by atoms with Crippen molar-refractivity contribution in [1.29, 1.82) is 0 Å². The summed E-state index contributed by atoms with van der Waals surface area (Å²) in [5.41, 5.74) is 4.30. The van der Waals surface area contributed by atoms with Crippen molar-refractivity contribution in [2.24, 2.45) is 18.9 Å². The average Bonchev–Trinajstić information content (AvgIpc) is 3.28. The summed E-state index contributed by atoms with van der Waals surface area (Å²) in [5.74, 6) is 2.61. The van der Waals surface area contributed by atoms with Gasteiger partial charge < -0.3 is 9.30 Å². The number of rotatable bonds is 9. The molecule has 2 aliphatic carbocycles. The molecule has 6 rings (SSSR count). The number of hydrogen-bond donors (Lipinski definition) is 1. The number of aryl methyl sites for hydroxylation is 2. The monoisotopic (exact) mass is 531 g/mol. The lowest BCUT2D eigenvalue weighted by Gasteiger charge is -2.40. The lowest BCUT2D eigenvalue weighted by Crippen LogP contribution is -2.42. The van der Waals surface area contributed by atoms with Crippen LogP contribution in [-0.4, -0.2) is 55.2 Å². The summed E-state index contributed by atoms with van der Waals surface area (Å²) in [6.07, 6.45) is 7.31. The van der Waals surface area contributed by atoms with Gasteiger partial charge in [-0.1, -0.05) is 35.9 Å². The lowest BCUT2D eigenvalue weighted by molar-refractivity contribution is 0.170. The second-order valence-corrected chi connectivity index (χ2v) is 12.6. The van der Waals surface area contributed by atoms with Crippen LogP contribution in [0.1, 0.15) is 35.4 Å². The van der Waals surface area contributed by atoms with E-state index in [2.05, 4.69) is 55.8 Å². The Morgan fingerprint density at radius 2 is 1.97 bits per heavy atom. The summed E-state index contributed by atoms with van der Waals surface area (Å²) in [5, 5.41) is -0.0232. The fourth-order valence-electron chi connectivity index (χ4n) is 6.30. The maximum atomic E-state index is 12.5. The molecule has 0 bridgehead atoms. The van der Waals surface area contributed by atoms with Crippen LogP contribution in [0.25, 0.3) is 4.85 Å². The Labute approximate surface area is 224 Å². The van der Waals surface area contributed by atoms with Crippen molar-refractivity contribution in [3.8, 4) is 5.75 Å². The van der Waals surface area contributed by atoms with Crippen molar-refractivity contribution >= 4 is 15.7 Å². The zero-order valence-electron chi connectivity index (χ0n) is 21.6. The Morgan fingerprint density at radius 1 is 1.18 bits per heavy atom. The SMILES string of the molecule is [C-]#[N+]c1cc2c(cc1OCCNS(=O)(=O)c1cn(C)cn1)C(Cc1ccccc1)C(N1CC3CC3C1)CC2. The number of fused-ring (bicyclic) bond motifs is 2. The van der Waals surface area contributed by atoms with Crippen molar-refractivity contribution in [2.75, 3.05) is 26.2 Å². The Hall–Kier alpha value is -3.19. The van der Waals surface area contributed by atoms with Gasteiger partial charge in [-0.2, -0.15) is 0 Å². The molecule has 0 spiro atoms. The molecule has 2 fully saturated rings. The first-order valence-electron chi connectivity index (χ1n) is 13.3. The van der Waals surface area contributed by atoms with E-state index in [0.717, 1.165) is 31.1 Å². The largest absolute Gasteiger partial charge is 0.503 e. The Kier molecular flexibility index (Phi) is 6.72. The molecule has 38 heavy (non-hydrogen) atoms. The maximum Gasteiger partial charge on any atom is 0.259 e. The van der Waals surface area contributed by atoms with Crippen LogP contribution in [0.15, 0.2) is 60.0 Å². The molecule has 2 aromatic carbocycles. The summed E-state index contributed by atoms with van der Waals surface area (Å²) in [7, 11) is -1.99. The molecule has 0 amide bonds. The second kappa shape index (κ2) is 10.2. The third kappa shape index (κ3) is 5.08. The number of sulfonamides is 1. The highest BCUT2D eigenvalue weighted by Crippen LogP contribution is 2.49. The number of aromatic nitrogens is 2. The van der Waals surface area contributed by atoms with Crippen molar-refractivity contribution in [1.82, 2.24) is 19.2 Å². The van der Waals surface area contributed by atoms with Gasteiger partial charge in [-0.05, 0) is 60.8 Å². The zero-order valence-corrected chi connectivity index (χ0v) is 22.4. The Morgan fingerprint density at radius 3 is 2.68 bits per heavy atom. The number of hydrogen-bond acceptors (Lipinski definition) is 5. The number of benzene rings is 2. The minimum atomic E-state index is -3.71. The summed E-state index contributed by atoms with van der Waals surface area (Å²) in [4.78, 5) is 10.4. The Bertz CT molecular complexity index is 1450. The number of ether oxygens (including phenoxy) is 1. The molecule has 1 aliphatic heterocycles. The maximum absolute atomic E-state index is 12.5. The fourth-order valence-corrected chi connectivity index (χ4v) is 7.29. The van der Waals surface area contributed by atoms with Crippen molar-refractivity contribution in [3.05, 3.63) is 83.1 Å². The van der Waals surface area contributed by atoms with E-state index in [-0.39, 0.29) is 18.2 Å². The van der Waals surface area contributed by atoms with Crippen LogP contribution >= 0.6 is 0 Å². The summed E-state index contributed by atoms with van der Waals surface area (Å²) in [6, 6.07) is 15.2. The van der Waals surface area contributed by atoms with E-state index in [1.54, 1.807) is 11.6 Å². The molecule has 4 unspecified atom stereocenters. The van der Waals surface area contributed by atoms with Crippen LogP contribution in [-0.2, 0) is 29.9 Å². The van der Waals surface area contributed by atoms with Crippen LogP contribution in [0, 0.1) is 18.4 Å². The number of nitrogens with one attached hydrogen (secondary N) is 1. The first-order valence-corrected chi connectivity index (χ1v) is 14.8. The summed E-state index contributed by atoms with van der Waals surface area (Å²) >= 11 is 0. The molecule has 3 aliphatic rings. The molecule has 1 N–H and O–H groups in total. The van der Waals surface area contributed by atoms with Gasteiger partial charge in [-0.25, -0.2) is 23.0 Å². The molecule has 1 aromatic heterocycles. The third-order valence-corrected chi connectivity index (χ3v) is 9.64. The quantitative estimate of drug-likeness (QED) is 0.334. The van der Waals surface area contributed by atoms with Gasteiger partial charge in [0.2, 0.25) is 5.69 Å². The van der Waals surface area contributed by atoms with E-state index >= 15 is 0 Å². The van der Waals surface area contributed by atoms with Gasteiger partial charge in [0.05, 0.1) is 19.5 Å². The first-order chi connectivity index (χ1) is 18.4. The molecular weight excluding hydrogens is 498 g/mol. The van der Waals surface area contributed by atoms with Gasteiger partial charge in [0.1, 0.15) is 5.75 Å². The normalized spacial score (nSPS) is 24.4. The van der Waals surface area contributed by atoms with E-state index in [4.69, 9.17) is 11.3 Å². The van der Waals surface area contributed by atoms with Gasteiger partial charge in [0.15, 0.2) is 5.03 Å². The smallest absolute Gasteiger partial charge is 0.259 e. The highest BCUT2D eigenvalue weighted by molar-refractivity contribution is 7.89. The molecule has 9 heteroatoms. The molecule has 198 valence electrons. The predicted octanol–water partition coefficient (Wildman–Crippen LogP) is 3.92.